The van der Waals surface area contributed by atoms with Crippen molar-refractivity contribution in [3.05, 3.63) is 124 Å². The van der Waals surface area contributed by atoms with Gasteiger partial charge in [0.15, 0.2) is 0 Å². The van der Waals surface area contributed by atoms with E-state index in [9.17, 15) is 32.7 Å². The SMILES string of the molecule is O=C(O)c1ccccc1C(=O)Nc1ccc(SC(C(=O)Nc2ccc(Cl)cc2C(F)(F)F)c2ccccc2)cc1. The molecule has 0 aliphatic heterocycles. The molecule has 2 amide bonds. The van der Waals surface area contributed by atoms with Gasteiger partial charge in [-0.05, 0) is 60.2 Å². The summed E-state index contributed by atoms with van der Waals surface area (Å²) in [5.41, 5.74) is -0.674. The van der Waals surface area contributed by atoms with Crippen LogP contribution < -0.4 is 10.6 Å². The molecule has 0 bridgehead atoms. The number of rotatable bonds is 8. The number of amides is 2. The number of alkyl halides is 3. The first-order valence-electron chi connectivity index (χ1n) is 11.7. The number of nitrogens with one attached hydrogen (secondary N) is 2. The van der Waals surface area contributed by atoms with Gasteiger partial charge in [0.2, 0.25) is 5.91 Å². The van der Waals surface area contributed by atoms with Gasteiger partial charge in [0.1, 0.15) is 5.25 Å². The van der Waals surface area contributed by atoms with Gasteiger partial charge in [-0.1, -0.05) is 54.1 Å². The molecule has 204 valence electrons. The van der Waals surface area contributed by atoms with Crippen molar-refractivity contribution in [3.8, 4) is 0 Å². The number of carbonyl (C=O) groups excluding carboxylic acids is 2. The molecule has 4 rings (SSSR count). The lowest BCUT2D eigenvalue weighted by Gasteiger charge is -2.19. The molecule has 4 aromatic carbocycles. The van der Waals surface area contributed by atoms with Crippen LogP contribution in [-0.2, 0) is 11.0 Å². The fraction of sp³-hybridized carbons (Fsp3) is 0.0690. The lowest BCUT2D eigenvalue weighted by molar-refractivity contribution is -0.137. The molecule has 0 radical (unpaired) electrons. The highest BCUT2D eigenvalue weighted by Crippen LogP contribution is 2.40. The molecule has 6 nitrogen and oxygen atoms in total. The van der Waals surface area contributed by atoms with Crippen molar-refractivity contribution >= 4 is 52.5 Å². The van der Waals surface area contributed by atoms with E-state index in [0.717, 1.165) is 23.9 Å². The van der Waals surface area contributed by atoms with Crippen LogP contribution in [-0.4, -0.2) is 22.9 Å². The van der Waals surface area contributed by atoms with E-state index in [0.29, 0.717) is 16.1 Å². The smallest absolute Gasteiger partial charge is 0.418 e. The Hall–Kier alpha value is -4.28. The fourth-order valence-corrected chi connectivity index (χ4v) is 4.97. The number of hydrogen-bond acceptors (Lipinski definition) is 4. The third kappa shape index (κ3) is 7.02. The van der Waals surface area contributed by atoms with E-state index >= 15 is 0 Å². The Balaban J connectivity index is 1.54. The molecule has 3 N–H and O–H groups in total. The molecule has 0 saturated heterocycles. The Labute approximate surface area is 236 Å². The minimum absolute atomic E-state index is 0.00492. The third-order valence-electron chi connectivity index (χ3n) is 5.65. The van der Waals surface area contributed by atoms with Crippen molar-refractivity contribution in [3.63, 3.8) is 0 Å². The number of carboxylic acids is 1. The highest BCUT2D eigenvalue weighted by Gasteiger charge is 2.35. The van der Waals surface area contributed by atoms with Gasteiger partial charge in [-0.3, -0.25) is 9.59 Å². The van der Waals surface area contributed by atoms with Crippen molar-refractivity contribution in [1.29, 1.82) is 0 Å². The summed E-state index contributed by atoms with van der Waals surface area (Å²) in [6.45, 7) is 0. The van der Waals surface area contributed by atoms with Crippen LogP contribution >= 0.6 is 23.4 Å². The highest BCUT2D eigenvalue weighted by molar-refractivity contribution is 8.00. The van der Waals surface area contributed by atoms with E-state index in [-0.39, 0.29) is 16.1 Å². The van der Waals surface area contributed by atoms with Gasteiger partial charge in [-0.15, -0.1) is 11.8 Å². The molecular weight excluding hydrogens is 565 g/mol. The molecule has 1 atom stereocenters. The topological polar surface area (TPSA) is 95.5 Å². The van der Waals surface area contributed by atoms with Crippen LogP contribution in [0, 0.1) is 0 Å². The molecule has 0 heterocycles. The van der Waals surface area contributed by atoms with Gasteiger partial charge < -0.3 is 15.7 Å². The average molecular weight is 585 g/mol. The van der Waals surface area contributed by atoms with Crippen LogP contribution in [0.4, 0.5) is 24.5 Å². The first-order valence-corrected chi connectivity index (χ1v) is 12.9. The molecule has 1 unspecified atom stereocenters. The Morgan fingerprint density at radius 2 is 1.43 bits per heavy atom. The van der Waals surface area contributed by atoms with Crippen LogP contribution in [0.2, 0.25) is 5.02 Å². The molecular formula is C29H20ClF3N2O4S. The predicted molar refractivity (Wildman–Crippen MR) is 148 cm³/mol. The number of benzene rings is 4. The van der Waals surface area contributed by atoms with Gasteiger partial charge in [0.25, 0.3) is 5.91 Å². The molecule has 0 aliphatic carbocycles. The van der Waals surface area contributed by atoms with Crippen molar-refractivity contribution in [2.24, 2.45) is 0 Å². The number of aromatic carboxylic acids is 1. The van der Waals surface area contributed by atoms with E-state index in [1.54, 1.807) is 60.7 Å². The summed E-state index contributed by atoms with van der Waals surface area (Å²) >= 11 is 6.86. The Morgan fingerprint density at radius 3 is 2.05 bits per heavy atom. The second kappa shape index (κ2) is 12.3. The summed E-state index contributed by atoms with van der Waals surface area (Å²) in [7, 11) is 0. The zero-order valence-electron chi connectivity index (χ0n) is 20.4. The van der Waals surface area contributed by atoms with Crippen LogP contribution in [0.25, 0.3) is 0 Å². The van der Waals surface area contributed by atoms with Crippen LogP contribution in [0.1, 0.15) is 37.1 Å². The summed E-state index contributed by atoms with van der Waals surface area (Å²) in [6, 6.07) is 23.9. The number of thioether (sulfide) groups is 1. The monoisotopic (exact) mass is 584 g/mol. The second-order valence-electron chi connectivity index (χ2n) is 8.41. The zero-order chi connectivity index (χ0) is 28.9. The average Bonchev–Trinajstić information content (AvgIpc) is 2.93. The van der Waals surface area contributed by atoms with Crippen molar-refractivity contribution in [2.45, 2.75) is 16.3 Å². The lowest BCUT2D eigenvalue weighted by Crippen LogP contribution is -2.21. The summed E-state index contributed by atoms with van der Waals surface area (Å²) in [6.07, 6.45) is -4.73. The molecule has 0 aromatic heterocycles. The van der Waals surface area contributed by atoms with Crippen molar-refractivity contribution in [2.75, 3.05) is 10.6 Å². The maximum atomic E-state index is 13.6. The van der Waals surface area contributed by atoms with Crippen molar-refractivity contribution in [1.82, 2.24) is 0 Å². The summed E-state index contributed by atoms with van der Waals surface area (Å²) in [5.74, 6) is -2.52. The number of carboxylic acid groups (broad SMARTS) is 1. The zero-order valence-corrected chi connectivity index (χ0v) is 22.0. The summed E-state index contributed by atoms with van der Waals surface area (Å²) in [4.78, 5) is 38.0. The van der Waals surface area contributed by atoms with Gasteiger partial charge in [0.05, 0.1) is 22.4 Å². The molecule has 0 aliphatic rings. The molecule has 40 heavy (non-hydrogen) atoms. The number of anilines is 2. The highest BCUT2D eigenvalue weighted by atomic mass is 35.5. The quantitative estimate of drug-likeness (QED) is 0.184. The van der Waals surface area contributed by atoms with Crippen LogP contribution in [0.5, 0.6) is 0 Å². The maximum Gasteiger partial charge on any atom is 0.418 e. The third-order valence-corrected chi connectivity index (χ3v) is 7.15. The lowest BCUT2D eigenvalue weighted by atomic mass is 10.1. The summed E-state index contributed by atoms with van der Waals surface area (Å²) < 4.78 is 40.7. The molecule has 0 spiro atoms. The molecule has 4 aromatic rings. The van der Waals surface area contributed by atoms with Crippen molar-refractivity contribution < 1.29 is 32.7 Å². The minimum atomic E-state index is -4.73. The van der Waals surface area contributed by atoms with Crippen LogP contribution in [0.15, 0.2) is 102 Å². The fourth-order valence-electron chi connectivity index (χ4n) is 3.78. The van der Waals surface area contributed by atoms with E-state index < -0.39 is 40.5 Å². The first kappa shape index (κ1) is 28.7. The van der Waals surface area contributed by atoms with E-state index in [4.69, 9.17) is 11.6 Å². The standard InChI is InChI=1S/C29H20ClF3N2O4S/c30-18-10-15-24(23(16-18)29(31,32)33)35-27(37)25(17-6-2-1-3-7-17)40-20-13-11-19(12-14-20)34-26(36)21-8-4-5-9-22(21)28(38)39/h1-16,25H,(H,34,36)(H,35,37)(H,38,39). The van der Waals surface area contributed by atoms with E-state index in [1.807, 2.05) is 0 Å². The van der Waals surface area contributed by atoms with Gasteiger partial charge in [-0.2, -0.15) is 13.2 Å². The normalized spacial score (nSPS) is 11.9. The number of hydrogen-bond donors (Lipinski definition) is 3. The van der Waals surface area contributed by atoms with Gasteiger partial charge in [0, 0.05) is 15.6 Å². The number of halogens is 4. The second-order valence-corrected chi connectivity index (χ2v) is 10.0. The Morgan fingerprint density at radius 1 is 0.800 bits per heavy atom. The molecule has 0 fully saturated rings. The maximum absolute atomic E-state index is 13.6. The Bertz CT molecular complexity index is 1550. The van der Waals surface area contributed by atoms with Gasteiger partial charge in [-0.25, -0.2) is 4.79 Å². The van der Waals surface area contributed by atoms with E-state index in [1.165, 1.54) is 24.3 Å². The van der Waals surface area contributed by atoms with Crippen LogP contribution in [0.3, 0.4) is 0 Å². The minimum Gasteiger partial charge on any atom is -0.478 e. The Kier molecular flexibility index (Phi) is 8.81. The first-order chi connectivity index (χ1) is 19.0. The summed E-state index contributed by atoms with van der Waals surface area (Å²) in [5, 5.41) is 13.3. The van der Waals surface area contributed by atoms with Gasteiger partial charge >= 0.3 is 12.1 Å². The predicted octanol–water partition coefficient (Wildman–Crippen LogP) is 7.78. The molecule has 11 heteroatoms. The largest absolute Gasteiger partial charge is 0.478 e. The number of carbonyl (C=O) groups is 3. The van der Waals surface area contributed by atoms with E-state index in [2.05, 4.69) is 10.6 Å². The molecule has 0 saturated carbocycles.